The fraction of sp³-hybridized carbons (Fsp3) is 0.323. The van der Waals surface area contributed by atoms with E-state index in [0.29, 0.717) is 41.5 Å². The second-order valence-electron chi connectivity index (χ2n) is 10.8. The summed E-state index contributed by atoms with van der Waals surface area (Å²) in [6, 6.07) is 19.6. The zero-order valence-corrected chi connectivity index (χ0v) is 22.6. The van der Waals surface area contributed by atoms with Crippen molar-refractivity contribution in [1.29, 1.82) is 0 Å². The van der Waals surface area contributed by atoms with Gasteiger partial charge in [0.15, 0.2) is 17.3 Å². The summed E-state index contributed by atoms with van der Waals surface area (Å²) in [4.78, 5) is 23.6. The molecule has 1 aliphatic carbocycles. The van der Waals surface area contributed by atoms with Crippen LogP contribution in [0.1, 0.15) is 66.7 Å². The van der Waals surface area contributed by atoms with Crippen LogP contribution in [-0.4, -0.2) is 41.9 Å². The molecule has 1 aliphatic heterocycles. The van der Waals surface area contributed by atoms with Gasteiger partial charge in [-0.25, -0.2) is 4.68 Å². The van der Waals surface area contributed by atoms with Gasteiger partial charge in [0, 0.05) is 42.5 Å². The van der Waals surface area contributed by atoms with Crippen molar-refractivity contribution in [3.8, 4) is 11.5 Å². The van der Waals surface area contributed by atoms with Crippen molar-refractivity contribution in [3.63, 3.8) is 0 Å². The predicted octanol–water partition coefficient (Wildman–Crippen LogP) is 4.94. The molecule has 0 spiro atoms. The average molecular weight is 550 g/mol. The van der Waals surface area contributed by atoms with Crippen molar-refractivity contribution in [2.24, 2.45) is 0 Å². The molecule has 10 nitrogen and oxygen atoms in total. The maximum Gasteiger partial charge on any atom is 0.253 e. The third kappa shape index (κ3) is 5.18. The fourth-order valence-corrected chi connectivity index (χ4v) is 6.06. The third-order valence-corrected chi connectivity index (χ3v) is 8.05. The molecule has 0 bridgehead atoms. The first kappa shape index (κ1) is 25.4. The highest BCUT2D eigenvalue weighted by molar-refractivity contribution is 5.83. The highest BCUT2D eigenvalue weighted by atomic mass is 16.7. The Morgan fingerprint density at radius 3 is 2.54 bits per heavy atom. The highest BCUT2D eigenvalue weighted by Crippen LogP contribution is 2.38. The molecule has 4 heterocycles. The lowest BCUT2D eigenvalue weighted by molar-refractivity contribution is 0.174. The van der Waals surface area contributed by atoms with Crippen LogP contribution in [0, 0.1) is 0 Å². The van der Waals surface area contributed by atoms with Gasteiger partial charge in [-0.3, -0.25) is 14.7 Å². The van der Waals surface area contributed by atoms with E-state index < -0.39 is 6.04 Å². The van der Waals surface area contributed by atoms with E-state index >= 15 is 0 Å². The van der Waals surface area contributed by atoms with E-state index in [1.165, 1.54) is 6.42 Å². The summed E-state index contributed by atoms with van der Waals surface area (Å²) in [6.45, 7) is 1.29. The van der Waals surface area contributed by atoms with Gasteiger partial charge in [-0.2, -0.15) is 0 Å². The van der Waals surface area contributed by atoms with Crippen LogP contribution in [0.3, 0.4) is 0 Å². The molecular weight excluding hydrogens is 518 g/mol. The van der Waals surface area contributed by atoms with Gasteiger partial charge in [-0.15, -0.1) is 5.10 Å². The lowest BCUT2D eigenvalue weighted by atomic mass is 9.95. The molecule has 1 fully saturated rings. The maximum atomic E-state index is 13.9. The van der Waals surface area contributed by atoms with Crippen molar-refractivity contribution < 1.29 is 9.47 Å². The van der Waals surface area contributed by atoms with Crippen LogP contribution in [0.25, 0.3) is 10.9 Å². The predicted molar refractivity (Wildman–Crippen MR) is 152 cm³/mol. The molecule has 0 saturated heterocycles. The van der Waals surface area contributed by atoms with Gasteiger partial charge < -0.3 is 14.5 Å². The van der Waals surface area contributed by atoms with E-state index in [1.54, 1.807) is 6.20 Å². The van der Waals surface area contributed by atoms with Crippen molar-refractivity contribution in [1.82, 2.24) is 35.1 Å². The molecule has 1 N–H and O–H groups in total. The number of benzene rings is 2. The lowest BCUT2D eigenvalue weighted by Crippen LogP contribution is -2.35. The zero-order chi connectivity index (χ0) is 27.6. The smallest absolute Gasteiger partial charge is 0.253 e. The Morgan fingerprint density at radius 2 is 1.73 bits per heavy atom. The number of rotatable bonds is 8. The first-order valence-corrected chi connectivity index (χ1v) is 14.1. The van der Waals surface area contributed by atoms with Crippen LogP contribution in [0.5, 0.6) is 11.5 Å². The Morgan fingerprint density at radius 1 is 0.951 bits per heavy atom. The fourth-order valence-electron chi connectivity index (χ4n) is 6.06. The Labute approximate surface area is 236 Å². The topological polar surface area (TPSA) is 111 Å². The first-order valence-electron chi connectivity index (χ1n) is 14.1. The molecule has 0 radical (unpaired) electrons. The van der Waals surface area contributed by atoms with E-state index in [2.05, 4.69) is 48.6 Å². The Kier molecular flexibility index (Phi) is 6.90. The van der Waals surface area contributed by atoms with Gasteiger partial charge in [-0.1, -0.05) is 55.7 Å². The minimum absolute atomic E-state index is 0.164. The van der Waals surface area contributed by atoms with E-state index in [1.807, 2.05) is 53.3 Å². The Bertz CT molecular complexity index is 1660. The van der Waals surface area contributed by atoms with Crippen LogP contribution >= 0.6 is 0 Å². The summed E-state index contributed by atoms with van der Waals surface area (Å²) in [7, 11) is 0. The summed E-state index contributed by atoms with van der Waals surface area (Å²) in [5, 5.41) is 14.1. The van der Waals surface area contributed by atoms with Crippen molar-refractivity contribution in [2.45, 2.75) is 57.3 Å². The molecule has 1 atom stereocenters. The Balaban J connectivity index is 1.40. The summed E-state index contributed by atoms with van der Waals surface area (Å²) < 4.78 is 13.2. The summed E-state index contributed by atoms with van der Waals surface area (Å²) in [5.41, 5.74) is 3.23. The molecule has 7 rings (SSSR count). The van der Waals surface area contributed by atoms with Crippen LogP contribution in [-0.2, 0) is 13.1 Å². The zero-order valence-electron chi connectivity index (χ0n) is 22.6. The van der Waals surface area contributed by atoms with Gasteiger partial charge in [-0.05, 0) is 52.6 Å². The highest BCUT2D eigenvalue weighted by Gasteiger charge is 2.33. The number of tetrazole rings is 1. The Hall–Kier alpha value is -4.57. The quantitative estimate of drug-likeness (QED) is 0.290. The van der Waals surface area contributed by atoms with Gasteiger partial charge in [0.1, 0.15) is 6.04 Å². The first-order chi connectivity index (χ1) is 20.2. The summed E-state index contributed by atoms with van der Waals surface area (Å²) in [6.07, 6.45) is 9.17. The van der Waals surface area contributed by atoms with Crippen LogP contribution < -0.4 is 15.0 Å². The molecule has 1 saturated carbocycles. The molecule has 3 aromatic heterocycles. The van der Waals surface area contributed by atoms with E-state index in [4.69, 9.17) is 9.47 Å². The SMILES string of the molecule is O=c1[nH]c2cc3c(cc2cc1C(c1nnnn1C1CCCCC1)N(Cc1ccccc1)Cc1cccnc1)OCO3. The normalized spacial score (nSPS) is 15.9. The molecular formula is C31H31N7O3. The number of ether oxygens (including phenoxy) is 2. The third-order valence-electron chi connectivity index (χ3n) is 8.05. The molecule has 208 valence electrons. The lowest BCUT2D eigenvalue weighted by Gasteiger charge is -2.32. The van der Waals surface area contributed by atoms with E-state index in [-0.39, 0.29) is 18.4 Å². The number of aromatic amines is 1. The molecule has 41 heavy (non-hydrogen) atoms. The number of hydrogen-bond donors (Lipinski definition) is 1. The molecule has 10 heteroatoms. The largest absolute Gasteiger partial charge is 0.454 e. The second kappa shape index (κ2) is 11.1. The van der Waals surface area contributed by atoms with Crippen molar-refractivity contribution in [3.05, 3.63) is 106 Å². The van der Waals surface area contributed by atoms with Crippen LogP contribution in [0.4, 0.5) is 0 Å². The summed E-state index contributed by atoms with van der Waals surface area (Å²) >= 11 is 0. The number of fused-ring (bicyclic) bond motifs is 2. The van der Waals surface area contributed by atoms with Gasteiger partial charge in [0.05, 0.1) is 11.6 Å². The van der Waals surface area contributed by atoms with E-state index in [9.17, 15) is 4.79 Å². The van der Waals surface area contributed by atoms with Gasteiger partial charge >= 0.3 is 0 Å². The standard InChI is InChI=1S/C31H31N7O3/c39-31-25(14-23-15-27-28(41-20-40-27)16-26(23)33-31)29(30-34-35-36-38(30)24-11-5-2-6-12-24)37(18-21-8-3-1-4-9-21)19-22-10-7-13-32-17-22/h1,3-4,7-10,13-17,24,29H,2,5-6,11-12,18-20H2,(H,33,39). The molecule has 0 amide bonds. The summed E-state index contributed by atoms with van der Waals surface area (Å²) in [5.74, 6) is 1.96. The number of hydrogen-bond acceptors (Lipinski definition) is 8. The van der Waals surface area contributed by atoms with Crippen molar-refractivity contribution in [2.75, 3.05) is 6.79 Å². The number of pyridine rings is 2. The number of nitrogens with one attached hydrogen (secondary N) is 1. The second-order valence-corrected chi connectivity index (χ2v) is 10.8. The van der Waals surface area contributed by atoms with Crippen molar-refractivity contribution >= 4 is 10.9 Å². The number of H-pyrrole nitrogens is 1. The molecule has 1 unspecified atom stereocenters. The van der Waals surface area contributed by atoms with Gasteiger partial charge in [0.2, 0.25) is 6.79 Å². The van der Waals surface area contributed by atoms with Crippen LogP contribution in [0.15, 0.2) is 77.9 Å². The maximum absolute atomic E-state index is 13.9. The minimum Gasteiger partial charge on any atom is -0.454 e. The number of nitrogens with zero attached hydrogens (tertiary/aromatic N) is 6. The average Bonchev–Trinajstić information content (AvgIpc) is 3.68. The monoisotopic (exact) mass is 549 g/mol. The van der Waals surface area contributed by atoms with E-state index in [0.717, 1.165) is 42.2 Å². The molecule has 2 aliphatic rings. The van der Waals surface area contributed by atoms with Crippen LogP contribution in [0.2, 0.25) is 0 Å². The van der Waals surface area contributed by atoms with Gasteiger partial charge in [0.25, 0.3) is 5.56 Å². The molecule has 2 aromatic carbocycles. The molecule has 5 aromatic rings. The number of aromatic nitrogens is 6. The minimum atomic E-state index is -0.522.